The molecule has 0 saturated carbocycles. The Morgan fingerprint density at radius 1 is 1.56 bits per heavy atom. The molecule has 0 aliphatic heterocycles. The predicted molar refractivity (Wildman–Crippen MR) is 68.7 cm³/mol. The third-order valence-electron chi connectivity index (χ3n) is 2.34. The third kappa shape index (κ3) is 3.02. The lowest BCUT2D eigenvalue weighted by atomic mass is 10.3. The zero-order valence-electron chi connectivity index (χ0n) is 9.59. The Hall–Kier alpha value is -0.940. The van der Waals surface area contributed by atoms with Gasteiger partial charge < -0.3 is 5.32 Å². The van der Waals surface area contributed by atoms with Crippen molar-refractivity contribution in [3.8, 4) is 0 Å². The first kappa shape index (κ1) is 13.1. The minimum Gasteiger partial charge on any atom is -0.312 e. The van der Waals surface area contributed by atoms with Gasteiger partial charge in [0.05, 0.1) is 10.2 Å². The summed E-state index contributed by atoms with van der Waals surface area (Å²) >= 11 is 3.43. The molecule has 0 bridgehead atoms. The molecule has 0 unspecified atom stereocenters. The summed E-state index contributed by atoms with van der Waals surface area (Å²) in [7, 11) is 0. The van der Waals surface area contributed by atoms with Crippen LogP contribution in [-0.4, -0.2) is 22.6 Å². The van der Waals surface area contributed by atoms with Crippen LogP contribution < -0.4 is 11.0 Å². The van der Waals surface area contributed by atoms with Crippen LogP contribution in [0.4, 0.5) is 0 Å². The molecule has 16 heavy (non-hydrogen) atoms. The third-order valence-corrected chi connectivity index (χ3v) is 3.48. The van der Waals surface area contributed by atoms with Crippen LogP contribution in [0.15, 0.2) is 21.9 Å². The van der Waals surface area contributed by atoms with E-state index in [-0.39, 0.29) is 5.69 Å². The molecule has 0 spiro atoms. The lowest BCUT2D eigenvalue weighted by molar-refractivity contribution is 0.580. The van der Waals surface area contributed by atoms with Crippen LogP contribution >= 0.6 is 15.9 Å². The molecule has 0 atom stereocenters. The molecule has 0 radical (unpaired) electrons. The van der Waals surface area contributed by atoms with Gasteiger partial charge in [0.15, 0.2) is 0 Å². The van der Waals surface area contributed by atoms with Crippen molar-refractivity contribution in [1.82, 2.24) is 14.9 Å². The van der Waals surface area contributed by atoms with Gasteiger partial charge in [0.25, 0.3) is 0 Å². The number of halogens is 1. The average Bonchev–Trinajstić information content (AvgIpc) is 2.25. The second-order valence-electron chi connectivity index (χ2n) is 3.52. The molecular weight excluding hydrogens is 270 g/mol. The van der Waals surface area contributed by atoms with Crippen molar-refractivity contribution >= 4 is 15.9 Å². The quantitative estimate of drug-likeness (QED) is 0.657. The SMILES string of the molecule is C=CCNCCn1c(C)c(Br)c(C)nc1=O. The van der Waals surface area contributed by atoms with Gasteiger partial charge in [0, 0.05) is 25.3 Å². The highest BCUT2D eigenvalue weighted by Gasteiger charge is 2.08. The highest BCUT2D eigenvalue weighted by molar-refractivity contribution is 9.10. The second kappa shape index (κ2) is 5.96. The summed E-state index contributed by atoms with van der Waals surface area (Å²) in [6.07, 6.45) is 1.79. The van der Waals surface area contributed by atoms with E-state index >= 15 is 0 Å². The lowest BCUT2D eigenvalue weighted by Gasteiger charge is -2.12. The Kier molecular flexibility index (Phi) is 4.89. The summed E-state index contributed by atoms with van der Waals surface area (Å²) in [5.74, 6) is 0. The molecular formula is C11H16BrN3O. The molecule has 0 aliphatic carbocycles. The molecule has 0 aromatic carbocycles. The number of hydrogen-bond acceptors (Lipinski definition) is 3. The van der Waals surface area contributed by atoms with Gasteiger partial charge >= 0.3 is 5.69 Å². The van der Waals surface area contributed by atoms with E-state index in [4.69, 9.17) is 0 Å². The first-order valence-electron chi connectivity index (χ1n) is 5.13. The summed E-state index contributed by atoms with van der Waals surface area (Å²) in [6.45, 7) is 9.43. The molecule has 4 nitrogen and oxygen atoms in total. The van der Waals surface area contributed by atoms with E-state index in [0.717, 1.165) is 29.0 Å². The molecule has 0 fully saturated rings. The van der Waals surface area contributed by atoms with Gasteiger partial charge in [-0.05, 0) is 29.8 Å². The summed E-state index contributed by atoms with van der Waals surface area (Å²) in [5.41, 5.74) is 1.45. The van der Waals surface area contributed by atoms with Crippen LogP contribution in [0.5, 0.6) is 0 Å². The van der Waals surface area contributed by atoms with Gasteiger partial charge in [-0.25, -0.2) is 4.79 Å². The number of rotatable bonds is 5. The van der Waals surface area contributed by atoms with Gasteiger partial charge in [-0.2, -0.15) is 4.98 Å². The monoisotopic (exact) mass is 285 g/mol. The second-order valence-corrected chi connectivity index (χ2v) is 4.32. The predicted octanol–water partition coefficient (Wildman–Crippen LogP) is 1.40. The van der Waals surface area contributed by atoms with Crippen LogP contribution in [0, 0.1) is 13.8 Å². The standard InChI is InChI=1S/C11H16BrN3O/c1-4-5-13-6-7-15-9(3)10(12)8(2)14-11(15)16/h4,13H,1,5-7H2,2-3H3. The summed E-state index contributed by atoms with van der Waals surface area (Å²) in [5, 5.41) is 3.15. The van der Waals surface area contributed by atoms with Crippen molar-refractivity contribution in [2.45, 2.75) is 20.4 Å². The van der Waals surface area contributed by atoms with Crippen molar-refractivity contribution in [1.29, 1.82) is 0 Å². The van der Waals surface area contributed by atoms with E-state index in [1.54, 1.807) is 10.6 Å². The van der Waals surface area contributed by atoms with Gasteiger partial charge in [0.1, 0.15) is 0 Å². The lowest BCUT2D eigenvalue weighted by Crippen LogP contribution is -2.31. The van der Waals surface area contributed by atoms with Crippen molar-refractivity contribution in [2.75, 3.05) is 13.1 Å². The maximum atomic E-state index is 11.7. The average molecular weight is 286 g/mol. The molecule has 0 aliphatic rings. The zero-order chi connectivity index (χ0) is 12.1. The molecule has 88 valence electrons. The first-order valence-corrected chi connectivity index (χ1v) is 5.92. The van der Waals surface area contributed by atoms with Crippen LogP contribution in [0.1, 0.15) is 11.4 Å². The van der Waals surface area contributed by atoms with Gasteiger partial charge in [0.2, 0.25) is 0 Å². The fraction of sp³-hybridized carbons (Fsp3) is 0.455. The van der Waals surface area contributed by atoms with Crippen LogP contribution in [0.3, 0.4) is 0 Å². The zero-order valence-corrected chi connectivity index (χ0v) is 11.2. The number of aryl methyl sites for hydroxylation is 1. The Labute approximate surface area is 104 Å². The fourth-order valence-corrected chi connectivity index (χ4v) is 1.74. The van der Waals surface area contributed by atoms with Gasteiger partial charge in [-0.15, -0.1) is 6.58 Å². The van der Waals surface area contributed by atoms with E-state index in [1.165, 1.54) is 0 Å². The maximum Gasteiger partial charge on any atom is 0.348 e. The molecule has 1 heterocycles. The van der Waals surface area contributed by atoms with Crippen LogP contribution in [-0.2, 0) is 6.54 Å². The summed E-state index contributed by atoms with van der Waals surface area (Å²) in [6, 6.07) is 0. The number of nitrogens with zero attached hydrogens (tertiary/aromatic N) is 2. The van der Waals surface area contributed by atoms with Crippen molar-refractivity contribution in [3.05, 3.63) is 39.0 Å². The van der Waals surface area contributed by atoms with Crippen molar-refractivity contribution in [2.24, 2.45) is 0 Å². The van der Waals surface area contributed by atoms with E-state index in [9.17, 15) is 4.79 Å². The molecule has 1 N–H and O–H groups in total. The fourth-order valence-electron chi connectivity index (χ4n) is 1.43. The van der Waals surface area contributed by atoms with Gasteiger partial charge in [-0.3, -0.25) is 4.57 Å². The first-order chi connectivity index (χ1) is 7.57. The van der Waals surface area contributed by atoms with Crippen molar-refractivity contribution in [3.63, 3.8) is 0 Å². The molecule has 0 amide bonds. The molecule has 1 aromatic heterocycles. The minimum atomic E-state index is -0.196. The highest BCUT2D eigenvalue weighted by Crippen LogP contribution is 2.16. The summed E-state index contributed by atoms with van der Waals surface area (Å²) in [4.78, 5) is 15.6. The van der Waals surface area contributed by atoms with Crippen LogP contribution in [0.2, 0.25) is 0 Å². The van der Waals surface area contributed by atoms with E-state index < -0.39 is 0 Å². The van der Waals surface area contributed by atoms with Crippen LogP contribution in [0.25, 0.3) is 0 Å². The normalized spacial score (nSPS) is 10.4. The van der Waals surface area contributed by atoms with Gasteiger partial charge in [-0.1, -0.05) is 6.08 Å². The Balaban J connectivity index is 2.84. The van der Waals surface area contributed by atoms with E-state index in [1.807, 2.05) is 13.8 Å². The molecule has 1 aromatic rings. The highest BCUT2D eigenvalue weighted by atomic mass is 79.9. The Morgan fingerprint density at radius 3 is 2.88 bits per heavy atom. The van der Waals surface area contributed by atoms with E-state index in [2.05, 4.69) is 32.8 Å². The molecule has 1 rings (SSSR count). The Bertz CT molecular complexity index is 440. The van der Waals surface area contributed by atoms with E-state index in [0.29, 0.717) is 6.54 Å². The number of nitrogens with one attached hydrogen (secondary N) is 1. The number of aromatic nitrogens is 2. The topological polar surface area (TPSA) is 46.9 Å². The Morgan fingerprint density at radius 2 is 2.25 bits per heavy atom. The summed E-state index contributed by atoms with van der Waals surface area (Å²) < 4.78 is 2.56. The smallest absolute Gasteiger partial charge is 0.312 e. The maximum absolute atomic E-state index is 11.7. The molecule has 5 heteroatoms. The number of hydrogen-bond donors (Lipinski definition) is 1. The van der Waals surface area contributed by atoms with Crippen molar-refractivity contribution < 1.29 is 0 Å². The largest absolute Gasteiger partial charge is 0.348 e. The minimum absolute atomic E-state index is 0.196. The molecule has 0 saturated heterocycles.